The predicted molar refractivity (Wildman–Crippen MR) is 225 cm³/mol. The maximum atomic E-state index is 15.1. The number of carbonyl (C=O) groups is 2. The molecule has 5 aliphatic carbocycles. The smallest absolute Gasteiger partial charge is 0.317 e. The zero-order valence-electron chi connectivity index (χ0n) is 39.0. The number of hydrogen-bond donors (Lipinski definition) is 11. The highest BCUT2D eigenvalue weighted by molar-refractivity contribution is 5.82. The second-order valence-electron chi connectivity index (χ2n) is 23.0. The van der Waals surface area contributed by atoms with Crippen molar-refractivity contribution in [2.24, 2.45) is 50.2 Å². The van der Waals surface area contributed by atoms with Crippen LogP contribution in [0.2, 0.25) is 0 Å². The quantitative estimate of drug-likeness (QED) is 0.0731. The van der Waals surface area contributed by atoms with Crippen molar-refractivity contribution in [1.82, 2.24) is 0 Å². The van der Waals surface area contributed by atoms with Crippen molar-refractivity contribution in [1.29, 1.82) is 0 Å². The Morgan fingerprint density at radius 3 is 2.10 bits per heavy atom. The molecule has 67 heavy (non-hydrogen) atoms. The van der Waals surface area contributed by atoms with E-state index in [2.05, 4.69) is 40.7 Å². The summed E-state index contributed by atoms with van der Waals surface area (Å²) in [6.07, 6.45) is -19.5. The van der Waals surface area contributed by atoms with Crippen molar-refractivity contribution in [3.63, 3.8) is 0 Å². The van der Waals surface area contributed by atoms with Crippen LogP contribution in [0.5, 0.6) is 0 Å². The van der Waals surface area contributed by atoms with Crippen molar-refractivity contribution in [2.75, 3.05) is 19.8 Å². The van der Waals surface area contributed by atoms with Gasteiger partial charge in [-0.2, -0.15) is 0 Å². The SMILES string of the molecule is CC1OC(OC2C(OC(=O)C34CCC(C)(C)CC3C3=CCC5C6(C)CC7OC(=O)C(CO)(C7OC7OC(CO)C(O)C(O)C7O)C6CCC5(C)C3(C)CC4O)OCC(O)C2O)C(O)C(O)C1O. The molecule has 0 spiro atoms. The molecule has 4 aliphatic heterocycles. The fourth-order valence-electron chi connectivity index (χ4n) is 15.2. The van der Waals surface area contributed by atoms with Crippen molar-refractivity contribution in [2.45, 2.75) is 197 Å². The molecule has 25 unspecified atom stereocenters. The van der Waals surface area contributed by atoms with Gasteiger partial charge in [0.2, 0.25) is 6.29 Å². The molecule has 20 heteroatoms. The molecule has 9 rings (SSSR count). The van der Waals surface area contributed by atoms with Gasteiger partial charge in [-0.15, -0.1) is 0 Å². The first-order chi connectivity index (χ1) is 31.4. The van der Waals surface area contributed by atoms with Crippen LogP contribution in [-0.4, -0.2) is 192 Å². The van der Waals surface area contributed by atoms with Gasteiger partial charge >= 0.3 is 11.9 Å². The second-order valence-corrected chi connectivity index (χ2v) is 23.0. The molecule has 25 atom stereocenters. The molecule has 8 fully saturated rings. The van der Waals surface area contributed by atoms with Gasteiger partial charge in [-0.25, -0.2) is 0 Å². The number of aliphatic hydroxyl groups is 11. The third kappa shape index (κ3) is 7.12. The Morgan fingerprint density at radius 1 is 0.761 bits per heavy atom. The maximum absolute atomic E-state index is 15.1. The van der Waals surface area contributed by atoms with E-state index in [4.69, 9.17) is 33.2 Å². The summed E-state index contributed by atoms with van der Waals surface area (Å²) in [5, 5.41) is 119. The molecular formula is C47H72O20. The number of esters is 2. The van der Waals surface area contributed by atoms with Gasteiger partial charge in [0, 0.05) is 0 Å². The summed E-state index contributed by atoms with van der Waals surface area (Å²) in [6, 6.07) is 0. The lowest BCUT2D eigenvalue weighted by molar-refractivity contribution is -0.350. The summed E-state index contributed by atoms with van der Waals surface area (Å²) in [7, 11) is 0. The van der Waals surface area contributed by atoms with Crippen molar-refractivity contribution in [3.05, 3.63) is 11.6 Å². The van der Waals surface area contributed by atoms with E-state index in [1.165, 1.54) is 6.92 Å². The van der Waals surface area contributed by atoms with Crippen molar-refractivity contribution < 1.29 is 98.9 Å². The predicted octanol–water partition coefficient (Wildman–Crippen LogP) is -1.73. The Kier molecular flexibility index (Phi) is 12.8. The average Bonchev–Trinajstić information content (AvgIpc) is 3.47. The summed E-state index contributed by atoms with van der Waals surface area (Å²) in [6.45, 7) is 10.4. The van der Waals surface area contributed by atoms with E-state index in [1.807, 2.05) is 0 Å². The van der Waals surface area contributed by atoms with Gasteiger partial charge < -0.3 is 89.3 Å². The Balaban J connectivity index is 1.02. The lowest BCUT2D eigenvalue weighted by Gasteiger charge is -2.71. The van der Waals surface area contributed by atoms with Gasteiger partial charge in [0.25, 0.3) is 0 Å². The van der Waals surface area contributed by atoms with Gasteiger partial charge in [-0.3, -0.25) is 9.59 Å². The molecule has 0 aromatic rings. The van der Waals surface area contributed by atoms with Gasteiger partial charge in [-0.05, 0) is 97.7 Å². The first-order valence-corrected chi connectivity index (χ1v) is 24.1. The highest BCUT2D eigenvalue weighted by Crippen LogP contribution is 2.77. The molecule has 0 aromatic heterocycles. The van der Waals surface area contributed by atoms with E-state index in [-0.39, 0.29) is 24.2 Å². The fraction of sp³-hybridized carbons (Fsp3) is 0.915. The average molecular weight is 957 g/mol. The Bertz CT molecular complexity index is 1930. The van der Waals surface area contributed by atoms with Crippen LogP contribution in [0, 0.1) is 50.2 Å². The molecule has 0 aromatic carbocycles. The summed E-state index contributed by atoms with van der Waals surface area (Å²) < 4.78 is 41.6. The normalized spacial score (nSPS) is 55.8. The summed E-state index contributed by atoms with van der Waals surface area (Å²) in [5.41, 5.74) is -4.20. The highest BCUT2D eigenvalue weighted by atomic mass is 16.8. The molecule has 2 bridgehead atoms. The third-order valence-electron chi connectivity index (χ3n) is 19.2. The van der Waals surface area contributed by atoms with Crippen LogP contribution in [0.15, 0.2) is 11.6 Å². The Hall–Kier alpha value is -1.96. The monoisotopic (exact) mass is 956 g/mol. The summed E-state index contributed by atoms with van der Waals surface area (Å²) >= 11 is 0. The van der Waals surface area contributed by atoms with Gasteiger partial charge in [0.1, 0.15) is 78.0 Å². The van der Waals surface area contributed by atoms with Gasteiger partial charge in [-0.1, -0.05) is 46.3 Å². The third-order valence-corrected chi connectivity index (χ3v) is 19.2. The fourth-order valence-corrected chi connectivity index (χ4v) is 15.2. The summed E-state index contributed by atoms with van der Waals surface area (Å²) in [5.74, 6) is -2.57. The van der Waals surface area contributed by atoms with Crippen LogP contribution < -0.4 is 0 Å². The Labute approximate surface area is 389 Å². The van der Waals surface area contributed by atoms with Crippen LogP contribution >= 0.6 is 0 Å². The Morgan fingerprint density at radius 2 is 1.43 bits per heavy atom. The largest absolute Gasteiger partial charge is 0.459 e. The molecule has 11 N–H and O–H groups in total. The maximum Gasteiger partial charge on any atom is 0.317 e. The number of aliphatic hydroxyl groups excluding tert-OH is 11. The number of carbonyl (C=O) groups excluding carboxylic acids is 2. The van der Waals surface area contributed by atoms with Crippen LogP contribution in [-0.2, 0) is 42.7 Å². The zero-order valence-corrected chi connectivity index (χ0v) is 39.0. The lowest BCUT2D eigenvalue weighted by Crippen LogP contribution is -2.70. The number of ether oxygens (including phenoxy) is 7. The zero-order chi connectivity index (χ0) is 48.7. The molecular weight excluding hydrogens is 884 g/mol. The van der Waals surface area contributed by atoms with Crippen LogP contribution in [0.1, 0.15) is 92.9 Å². The molecule has 4 saturated heterocycles. The molecule has 4 saturated carbocycles. The minimum atomic E-state index is -1.77. The minimum absolute atomic E-state index is 0.131. The second kappa shape index (κ2) is 17.1. The highest BCUT2D eigenvalue weighted by Gasteiger charge is 2.77. The first kappa shape index (κ1) is 50.0. The molecule has 20 nitrogen and oxygen atoms in total. The van der Waals surface area contributed by atoms with Crippen LogP contribution in [0.25, 0.3) is 0 Å². The number of fused-ring (bicyclic) bond motifs is 10. The van der Waals surface area contributed by atoms with E-state index >= 15 is 4.79 Å². The first-order valence-electron chi connectivity index (χ1n) is 24.1. The van der Waals surface area contributed by atoms with E-state index in [1.54, 1.807) is 0 Å². The molecule has 0 amide bonds. The number of rotatable bonds is 8. The van der Waals surface area contributed by atoms with E-state index < -0.39 is 175 Å². The molecule has 380 valence electrons. The topological polar surface area (TPSA) is 321 Å². The minimum Gasteiger partial charge on any atom is -0.459 e. The van der Waals surface area contributed by atoms with Gasteiger partial charge in [0.15, 0.2) is 18.7 Å². The molecule has 4 heterocycles. The molecule has 9 aliphatic rings. The van der Waals surface area contributed by atoms with Gasteiger partial charge in [0.05, 0.1) is 32.0 Å². The lowest BCUT2D eigenvalue weighted by atomic mass is 9.33. The van der Waals surface area contributed by atoms with E-state index in [0.717, 1.165) is 5.57 Å². The van der Waals surface area contributed by atoms with Crippen molar-refractivity contribution >= 4 is 11.9 Å². The number of allylic oxidation sites excluding steroid dienone is 2. The molecule has 0 radical (unpaired) electrons. The van der Waals surface area contributed by atoms with Crippen molar-refractivity contribution in [3.8, 4) is 0 Å². The van der Waals surface area contributed by atoms with E-state index in [9.17, 15) is 61.0 Å². The summed E-state index contributed by atoms with van der Waals surface area (Å²) in [4.78, 5) is 29.3. The van der Waals surface area contributed by atoms with Crippen LogP contribution in [0.4, 0.5) is 0 Å². The van der Waals surface area contributed by atoms with Crippen LogP contribution in [0.3, 0.4) is 0 Å². The van der Waals surface area contributed by atoms with E-state index in [0.29, 0.717) is 38.5 Å². The number of hydrogen-bond acceptors (Lipinski definition) is 20. The standard InChI is InChI=1S/C47H72O20/c1-19-28(52)31(55)33(57)37(62-19)65-35-29(53)22(50)17-61-39(35)67-40(59)46-12-11-42(2,3)13-21(46)20-7-8-25-43(4)14-23-36(66-38-34(58)32(56)30(54)24(16-48)63-38)47(18-49,41(60)64-23)26(43)9-10-44(25,5)45(20,6)15-27(46)51/h7,19,21-39,48-58H,8-18H2,1-6H3.